The van der Waals surface area contributed by atoms with E-state index in [1.54, 1.807) is 0 Å². The molecule has 0 fully saturated rings. The molecule has 0 amide bonds. The summed E-state index contributed by atoms with van der Waals surface area (Å²) in [5.74, 6) is 0. The van der Waals surface area contributed by atoms with Gasteiger partial charge in [0.2, 0.25) is 0 Å². The van der Waals surface area contributed by atoms with Crippen molar-refractivity contribution >= 4 is 0 Å². The lowest BCUT2D eigenvalue weighted by atomic mass is 10.2. The molecule has 2 heteroatoms. The largest absolute Gasteiger partial charge is 0.512 e. The Morgan fingerprint density at radius 2 is 1.54 bits per heavy atom. The van der Waals surface area contributed by atoms with Gasteiger partial charge in [0.05, 0.1) is 21.1 Å². The highest BCUT2D eigenvalue weighted by Gasteiger charge is 2.06. The Bertz CT molecular complexity index is 244. The van der Waals surface area contributed by atoms with Gasteiger partial charge in [-0.15, -0.1) is 0 Å². The van der Waals surface area contributed by atoms with Crippen molar-refractivity contribution in [2.24, 2.45) is 0 Å². The molecule has 0 N–H and O–H groups in total. The van der Waals surface area contributed by atoms with Crippen molar-refractivity contribution in [1.29, 1.82) is 5.26 Å². The summed E-state index contributed by atoms with van der Waals surface area (Å²) in [6, 6.07) is 10.6. The lowest BCUT2D eigenvalue weighted by Gasteiger charge is -2.23. The molecule has 0 bridgehead atoms. The van der Waals surface area contributed by atoms with E-state index in [0.29, 0.717) is 0 Å². The second-order valence-electron chi connectivity index (χ2n) is 3.93. The van der Waals surface area contributed by atoms with Crippen molar-refractivity contribution < 1.29 is 4.48 Å². The van der Waals surface area contributed by atoms with Crippen molar-refractivity contribution in [3.05, 3.63) is 42.5 Å². The van der Waals surface area contributed by atoms with Gasteiger partial charge in [-0.2, -0.15) is 0 Å². The molecule has 0 atom stereocenters. The number of nitrogens with zero attached hydrogens (tertiary/aromatic N) is 2. The van der Waals surface area contributed by atoms with Crippen LogP contribution < -0.4 is 0 Å². The topological polar surface area (TPSA) is 23.8 Å². The van der Waals surface area contributed by atoms with Crippen molar-refractivity contribution in [1.82, 2.24) is 0 Å². The van der Waals surface area contributed by atoms with Crippen LogP contribution in [-0.2, 0) is 6.54 Å². The average Bonchev–Trinajstić information content (AvgIpc) is 2.07. The molecule has 13 heavy (non-hydrogen) atoms. The molecule has 1 rings (SSSR count). The Morgan fingerprint density at radius 1 is 1.08 bits per heavy atom. The van der Waals surface area contributed by atoms with Gasteiger partial charge >= 0.3 is 0 Å². The van der Waals surface area contributed by atoms with Crippen LogP contribution in [0.3, 0.4) is 0 Å². The Hall–Kier alpha value is -1.33. The quantitative estimate of drug-likeness (QED) is 0.499. The van der Waals surface area contributed by atoms with Crippen molar-refractivity contribution in [3.8, 4) is 0 Å². The first-order valence-electron chi connectivity index (χ1n) is 4.15. The van der Waals surface area contributed by atoms with Crippen LogP contribution in [0, 0.1) is 11.8 Å². The zero-order valence-electron chi connectivity index (χ0n) is 8.49. The summed E-state index contributed by atoms with van der Waals surface area (Å²) in [5, 5.41) is 6.25. The van der Waals surface area contributed by atoms with Crippen LogP contribution in [0.5, 0.6) is 0 Å². The van der Waals surface area contributed by atoms with Crippen molar-refractivity contribution in [2.45, 2.75) is 6.54 Å². The highest BCUT2D eigenvalue weighted by atomic mass is 15.3. The number of hydrogen-bond donors (Lipinski definition) is 0. The first-order chi connectivity index (χ1) is 6.08. The molecule has 1 aromatic carbocycles. The summed E-state index contributed by atoms with van der Waals surface area (Å²) in [5.41, 5.74) is 1.40. The average molecular weight is 176 g/mol. The number of hydrogen-bond acceptors (Lipinski definition) is 1. The molecule has 0 aliphatic rings. The van der Waals surface area contributed by atoms with Gasteiger partial charge < -0.3 is 16.3 Å². The van der Waals surface area contributed by atoms with E-state index in [1.807, 2.05) is 0 Å². The third-order valence-electron chi connectivity index (χ3n) is 1.50. The molecule has 0 saturated heterocycles. The molecule has 0 aromatic heterocycles. The van der Waals surface area contributed by atoms with E-state index in [9.17, 15) is 0 Å². The Kier molecular flexibility index (Phi) is 4.79. The zero-order valence-corrected chi connectivity index (χ0v) is 8.49. The lowest BCUT2D eigenvalue weighted by molar-refractivity contribution is -0.884. The first kappa shape index (κ1) is 11.7. The fourth-order valence-electron chi connectivity index (χ4n) is 1.13. The predicted molar refractivity (Wildman–Crippen MR) is 53.1 cm³/mol. The van der Waals surface area contributed by atoms with Crippen LogP contribution >= 0.6 is 0 Å². The third-order valence-corrected chi connectivity index (χ3v) is 1.50. The third kappa shape index (κ3) is 5.89. The summed E-state index contributed by atoms with van der Waals surface area (Å²) in [6.45, 7) is 5.85. The maximum Gasteiger partial charge on any atom is 0.104 e. The molecule has 0 unspecified atom stereocenters. The van der Waals surface area contributed by atoms with E-state index in [0.717, 1.165) is 11.0 Å². The van der Waals surface area contributed by atoms with E-state index in [-0.39, 0.29) is 0 Å². The van der Waals surface area contributed by atoms with Crippen molar-refractivity contribution in [3.63, 3.8) is 0 Å². The van der Waals surface area contributed by atoms with Crippen LogP contribution in [0.4, 0.5) is 0 Å². The molecule has 0 spiro atoms. The van der Waals surface area contributed by atoms with Gasteiger partial charge in [0.25, 0.3) is 0 Å². The molecule has 0 aliphatic heterocycles. The van der Waals surface area contributed by atoms with E-state index in [1.165, 1.54) is 5.56 Å². The van der Waals surface area contributed by atoms with E-state index < -0.39 is 0 Å². The van der Waals surface area contributed by atoms with Crippen LogP contribution in [0.2, 0.25) is 0 Å². The Balaban J connectivity index is 0.000000671. The fraction of sp³-hybridized carbons (Fsp3) is 0.364. The minimum absolute atomic E-state index is 0.990. The number of benzene rings is 1. The molecule has 1 aromatic rings. The van der Waals surface area contributed by atoms with Gasteiger partial charge in [0.15, 0.2) is 0 Å². The Morgan fingerprint density at radius 3 is 1.92 bits per heavy atom. The zero-order chi connectivity index (χ0) is 10.3. The number of rotatable bonds is 2. The van der Waals surface area contributed by atoms with Crippen LogP contribution in [0.15, 0.2) is 30.3 Å². The normalized spacial score (nSPS) is 9.92. The second-order valence-corrected chi connectivity index (χ2v) is 3.93. The minimum atomic E-state index is 0.990. The van der Waals surface area contributed by atoms with Crippen molar-refractivity contribution in [2.75, 3.05) is 21.1 Å². The van der Waals surface area contributed by atoms with Gasteiger partial charge in [-0.3, -0.25) is 0 Å². The van der Waals surface area contributed by atoms with Gasteiger partial charge in [0, 0.05) is 5.56 Å². The standard InChI is InChI=1S/C10H16N.CN/c1-11(2,3)9-10-7-5-4-6-8-10;1-2/h4-8H,9H2,1-3H3;/q+1;-1. The van der Waals surface area contributed by atoms with E-state index >= 15 is 0 Å². The second kappa shape index (κ2) is 5.34. The minimum Gasteiger partial charge on any atom is -0.512 e. The molecule has 2 nitrogen and oxygen atoms in total. The van der Waals surface area contributed by atoms with Gasteiger partial charge in [-0.05, 0) is 0 Å². The SMILES string of the molecule is C[N+](C)(C)Cc1ccccc1.[C-]#N. The van der Waals surface area contributed by atoms with Gasteiger partial charge in [-0.25, -0.2) is 0 Å². The fourth-order valence-corrected chi connectivity index (χ4v) is 1.13. The summed E-state index contributed by atoms with van der Waals surface area (Å²) < 4.78 is 0.990. The molecule has 0 radical (unpaired) electrons. The van der Waals surface area contributed by atoms with Crippen LogP contribution in [-0.4, -0.2) is 25.6 Å². The molecular weight excluding hydrogens is 160 g/mol. The van der Waals surface area contributed by atoms with Gasteiger partial charge in [-0.1, -0.05) is 30.3 Å². The molecule has 70 valence electrons. The molecule has 0 heterocycles. The van der Waals surface area contributed by atoms with E-state index in [4.69, 9.17) is 11.8 Å². The van der Waals surface area contributed by atoms with Crippen LogP contribution in [0.1, 0.15) is 5.56 Å². The maximum absolute atomic E-state index is 6.25. The Labute approximate surface area is 80.6 Å². The van der Waals surface area contributed by atoms with Crippen LogP contribution in [0.25, 0.3) is 0 Å². The maximum atomic E-state index is 6.25. The predicted octanol–water partition coefficient (Wildman–Crippen LogP) is 1.99. The molecule has 0 saturated carbocycles. The van der Waals surface area contributed by atoms with Gasteiger partial charge in [0.1, 0.15) is 6.54 Å². The molecular formula is C11H16N2. The highest BCUT2D eigenvalue weighted by Crippen LogP contribution is 2.04. The van der Waals surface area contributed by atoms with E-state index in [2.05, 4.69) is 51.5 Å². The summed E-state index contributed by atoms with van der Waals surface area (Å²) >= 11 is 0. The lowest BCUT2D eigenvalue weighted by Crippen LogP contribution is -2.33. The molecule has 0 aliphatic carbocycles. The first-order valence-corrected chi connectivity index (χ1v) is 4.15. The smallest absolute Gasteiger partial charge is 0.104 e. The summed E-state index contributed by atoms with van der Waals surface area (Å²) in [7, 11) is 6.60. The summed E-state index contributed by atoms with van der Waals surface area (Å²) in [6.07, 6.45) is 0. The monoisotopic (exact) mass is 176 g/mol. The summed E-state index contributed by atoms with van der Waals surface area (Å²) in [4.78, 5) is 0. The number of quaternary nitrogens is 1. The highest BCUT2D eigenvalue weighted by molar-refractivity contribution is 5.13.